The van der Waals surface area contributed by atoms with Crippen LogP contribution in [0.2, 0.25) is 0 Å². The van der Waals surface area contributed by atoms with Crippen LogP contribution in [0.4, 0.5) is 4.39 Å². The summed E-state index contributed by atoms with van der Waals surface area (Å²) in [5.41, 5.74) is 0.569. The Balaban J connectivity index is 2.59. The van der Waals surface area contributed by atoms with Crippen molar-refractivity contribution in [3.05, 3.63) is 23.6 Å². The van der Waals surface area contributed by atoms with Crippen LogP contribution in [0.1, 0.15) is 33.3 Å². The fraction of sp³-hybridized carbons (Fsp3) is 0.667. The van der Waals surface area contributed by atoms with E-state index in [2.05, 4.69) is 24.1 Å². The number of nitrogens with one attached hydrogen (secondary N) is 1. The summed E-state index contributed by atoms with van der Waals surface area (Å²) in [7, 11) is 0. The first-order chi connectivity index (χ1) is 9.54. The predicted octanol–water partition coefficient (Wildman–Crippen LogP) is 2.77. The minimum atomic E-state index is -0.396. The first-order valence-electron chi connectivity index (χ1n) is 7.13. The Kier molecular flexibility index (Phi) is 7.47. The third-order valence-electron chi connectivity index (χ3n) is 2.67. The van der Waals surface area contributed by atoms with E-state index in [0.717, 1.165) is 6.54 Å². The van der Waals surface area contributed by atoms with Crippen LogP contribution in [-0.4, -0.2) is 30.8 Å². The maximum atomic E-state index is 14.2. The number of nitrogens with zero attached hydrogens (tertiary/aromatic N) is 1. The van der Waals surface area contributed by atoms with Crippen LogP contribution >= 0.6 is 0 Å². The Morgan fingerprint density at radius 1 is 1.35 bits per heavy atom. The van der Waals surface area contributed by atoms with Gasteiger partial charge in [0.1, 0.15) is 6.10 Å². The van der Waals surface area contributed by atoms with Crippen LogP contribution in [0, 0.1) is 11.7 Å². The van der Waals surface area contributed by atoms with E-state index in [4.69, 9.17) is 9.47 Å². The van der Waals surface area contributed by atoms with Crippen molar-refractivity contribution in [1.82, 2.24) is 10.3 Å². The van der Waals surface area contributed by atoms with E-state index >= 15 is 0 Å². The fourth-order valence-corrected chi connectivity index (χ4v) is 1.68. The quantitative estimate of drug-likeness (QED) is 0.757. The normalized spacial score (nSPS) is 12.7. The van der Waals surface area contributed by atoms with E-state index in [9.17, 15) is 4.39 Å². The third kappa shape index (κ3) is 5.84. The second-order valence-corrected chi connectivity index (χ2v) is 5.20. The second-order valence-electron chi connectivity index (χ2n) is 5.20. The molecular weight excluding hydrogens is 259 g/mol. The van der Waals surface area contributed by atoms with Crippen molar-refractivity contribution in [3.8, 4) is 5.88 Å². The maximum Gasteiger partial charge on any atom is 0.251 e. The summed E-state index contributed by atoms with van der Waals surface area (Å²) >= 11 is 0. The molecule has 1 rings (SSSR count). The van der Waals surface area contributed by atoms with Crippen LogP contribution in [0.15, 0.2) is 12.3 Å². The smallest absolute Gasteiger partial charge is 0.251 e. The molecule has 0 aromatic carbocycles. The summed E-state index contributed by atoms with van der Waals surface area (Å²) in [4.78, 5) is 3.95. The van der Waals surface area contributed by atoms with Gasteiger partial charge in [-0.15, -0.1) is 0 Å². The zero-order chi connectivity index (χ0) is 15.0. The molecule has 0 amide bonds. The largest absolute Gasteiger partial charge is 0.470 e. The molecule has 0 fully saturated rings. The van der Waals surface area contributed by atoms with Gasteiger partial charge in [0, 0.05) is 24.9 Å². The molecule has 0 aliphatic heterocycles. The van der Waals surface area contributed by atoms with E-state index in [1.807, 2.05) is 13.8 Å². The maximum absolute atomic E-state index is 14.2. The van der Waals surface area contributed by atoms with Crippen molar-refractivity contribution in [2.75, 3.05) is 19.8 Å². The van der Waals surface area contributed by atoms with Crippen LogP contribution in [0.5, 0.6) is 5.88 Å². The summed E-state index contributed by atoms with van der Waals surface area (Å²) < 4.78 is 24.9. The first-order valence-corrected chi connectivity index (χ1v) is 7.13. The molecule has 0 saturated heterocycles. The van der Waals surface area contributed by atoms with E-state index in [-0.39, 0.29) is 12.0 Å². The van der Waals surface area contributed by atoms with E-state index in [1.54, 1.807) is 12.3 Å². The molecule has 0 saturated carbocycles. The summed E-state index contributed by atoms with van der Waals surface area (Å²) in [6.07, 6.45) is 1.34. The highest BCUT2D eigenvalue weighted by Gasteiger charge is 2.13. The number of rotatable bonds is 9. The molecule has 4 nitrogen and oxygen atoms in total. The molecule has 1 aromatic rings. The summed E-state index contributed by atoms with van der Waals surface area (Å²) in [6, 6.07) is 1.67. The first kappa shape index (κ1) is 16.9. The minimum absolute atomic E-state index is 0.0426. The van der Waals surface area contributed by atoms with Gasteiger partial charge in [0.05, 0.1) is 6.61 Å². The van der Waals surface area contributed by atoms with Gasteiger partial charge in [-0.05, 0) is 32.4 Å². The Morgan fingerprint density at radius 2 is 2.10 bits per heavy atom. The molecule has 20 heavy (non-hydrogen) atoms. The second kappa shape index (κ2) is 8.87. The number of hydrogen-bond donors (Lipinski definition) is 1. The zero-order valence-electron chi connectivity index (χ0n) is 12.8. The van der Waals surface area contributed by atoms with Crippen molar-refractivity contribution in [2.24, 2.45) is 5.92 Å². The lowest BCUT2D eigenvalue weighted by atomic mass is 10.2. The van der Waals surface area contributed by atoms with Gasteiger partial charge in [0.25, 0.3) is 5.88 Å². The Bertz CT molecular complexity index is 399. The lowest BCUT2D eigenvalue weighted by Crippen LogP contribution is -2.22. The predicted molar refractivity (Wildman–Crippen MR) is 77.3 cm³/mol. The highest BCUT2D eigenvalue weighted by molar-refractivity contribution is 5.23. The van der Waals surface area contributed by atoms with Gasteiger partial charge in [-0.1, -0.05) is 13.8 Å². The van der Waals surface area contributed by atoms with Gasteiger partial charge in [0.15, 0.2) is 5.82 Å². The molecule has 1 heterocycles. The van der Waals surface area contributed by atoms with Gasteiger partial charge < -0.3 is 14.8 Å². The van der Waals surface area contributed by atoms with E-state index in [1.165, 1.54) is 0 Å². The monoisotopic (exact) mass is 284 g/mol. The molecular formula is C15H25FN2O2. The number of halogens is 1. The lowest BCUT2D eigenvalue weighted by Gasteiger charge is -2.15. The molecule has 0 aliphatic carbocycles. The topological polar surface area (TPSA) is 43.4 Å². The van der Waals surface area contributed by atoms with E-state index < -0.39 is 5.82 Å². The van der Waals surface area contributed by atoms with E-state index in [0.29, 0.717) is 31.2 Å². The number of hydrogen-bond acceptors (Lipinski definition) is 4. The molecule has 1 unspecified atom stereocenters. The molecule has 1 atom stereocenters. The average molecular weight is 284 g/mol. The Morgan fingerprint density at radius 3 is 2.75 bits per heavy atom. The van der Waals surface area contributed by atoms with Crippen molar-refractivity contribution in [2.45, 2.75) is 40.3 Å². The number of aromatic nitrogens is 1. The molecule has 0 spiro atoms. The van der Waals surface area contributed by atoms with Gasteiger partial charge in [-0.3, -0.25) is 0 Å². The van der Waals surface area contributed by atoms with Crippen molar-refractivity contribution < 1.29 is 13.9 Å². The zero-order valence-corrected chi connectivity index (χ0v) is 12.8. The lowest BCUT2D eigenvalue weighted by molar-refractivity contribution is 0.0609. The highest BCUT2D eigenvalue weighted by atomic mass is 19.1. The summed E-state index contributed by atoms with van der Waals surface area (Å²) in [5, 5.41) is 3.21. The Hall–Kier alpha value is -1.20. The summed E-state index contributed by atoms with van der Waals surface area (Å²) in [5.74, 6) is 0.176. The van der Waals surface area contributed by atoms with Gasteiger partial charge in [0.2, 0.25) is 0 Å². The standard InChI is InChI=1S/C15H25FN2O2/c1-5-19-10-12(4)20-15-14(16)13(6-7-18-15)9-17-8-11(2)3/h6-7,11-12,17H,5,8-10H2,1-4H3. The number of pyridine rings is 1. The van der Waals surface area contributed by atoms with Crippen molar-refractivity contribution >= 4 is 0 Å². The van der Waals surface area contributed by atoms with Crippen LogP contribution in [-0.2, 0) is 11.3 Å². The number of ether oxygens (including phenoxy) is 2. The van der Waals surface area contributed by atoms with Gasteiger partial charge in [-0.2, -0.15) is 0 Å². The molecule has 0 radical (unpaired) electrons. The highest BCUT2D eigenvalue weighted by Crippen LogP contribution is 2.18. The minimum Gasteiger partial charge on any atom is -0.470 e. The van der Waals surface area contributed by atoms with Crippen molar-refractivity contribution in [1.29, 1.82) is 0 Å². The Labute approximate surface area is 120 Å². The van der Waals surface area contributed by atoms with Crippen LogP contribution in [0.25, 0.3) is 0 Å². The summed E-state index contributed by atoms with van der Waals surface area (Å²) in [6.45, 7) is 10.3. The van der Waals surface area contributed by atoms with Gasteiger partial charge >= 0.3 is 0 Å². The van der Waals surface area contributed by atoms with Crippen LogP contribution in [0.3, 0.4) is 0 Å². The fourth-order valence-electron chi connectivity index (χ4n) is 1.68. The van der Waals surface area contributed by atoms with Gasteiger partial charge in [-0.25, -0.2) is 9.37 Å². The molecule has 1 aromatic heterocycles. The average Bonchev–Trinajstić information content (AvgIpc) is 2.40. The molecule has 114 valence electrons. The van der Waals surface area contributed by atoms with Crippen molar-refractivity contribution in [3.63, 3.8) is 0 Å². The third-order valence-corrected chi connectivity index (χ3v) is 2.67. The molecule has 0 aliphatic rings. The van der Waals surface area contributed by atoms with Crippen LogP contribution < -0.4 is 10.1 Å². The molecule has 0 bridgehead atoms. The SMILES string of the molecule is CCOCC(C)Oc1nccc(CNCC(C)C)c1F. The molecule has 5 heteroatoms. The molecule has 1 N–H and O–H groups in total.